The molecule has 1 amide bonds. The molecule has 22 heavy (non-hydrogen) atoms. The van der Waals surface area contributed by atoms with Crippen molar-refractivity contribution in [2.45, 2.75) is 19.9 Å². The molecule has 114 valence electrons. The number of benzene rings is 2. The lowest BCUT2D eigenvalue weighted by molar-refractivity contribution is -0.117. The van der Waals surface area contributed by atoms with Crippen LogP contribution in [-0.4, -0.2) is 13.0 Å². The summed E-state index contributed by atoms with van der Waals surface area (Å²) < 4.78 is 5.13. The Morgan fingerprint density at radius 1 is 1.09 bits per heavy atom. The Labute approximate surface area is 131 Å². The van der Waals surface area contributed by atoms with E-state index in [-0.39, 0.29) is 11.9 Å². The second-order valence-corrected chi connectivity index (χ2v) is 5.25. The van der Waals surface area contributed by atoms with Crippen molar-refractivity contribution in [2.75, 3.05) is 7.11 Å². The second-order valence-electron chi connectivity index (χ2n) is 5.25. The van der Waals surface area contributed by atoms with Crippen LogP contribution in [0, 0.1) is 6.92 Å². The summed E-state index contributed by atoms with van der Waals surface area (Å²) in [6.45, 7) is 4.00. The number of ether oxygens (including phenoxy) is 1. The molecular weight excluding hydrogens is 274 g/mol. The molecule has 0 aliphatic heterocycles. The molecule has 0 spiro atoms. The summed E-state index contributed by atoms with van der Waals surface area (Å²) in [5.74, 6) is 0.699. The highest BCUT2D eigenvalue weighted by molar-refractivity contribution is 5.91. The first-order chi connectivity index (χ1) is 10.6. The van der Waals surface area contributed by atoms with E-state index in [9.17, 15) is 4.79 Å². The lowest BCUT2D eigenvalue weighted by Gasteiger charge is -2.13. The molecule has 1 unspecified atom stereocenters. The van der Waals surface area contributed by atoms with Gasteiger partial charge in [-0.15, -0.1) is 0 Å². The van der Waals surface area contributed by atoms with Gasteiger partial charge in [0, 0.05) is 6.08 Å². The van der Waals surface area contributed by atoms with Gasteiger partial charge in [-0.25, -0.2) is 0 Å². The second kappa shape index (κ2) is 7.46. The van der Waals surface area contributed by atoms with Crippen LogP contribution in [0.3, 0.4) is 0 Å². The summed E-state index contributed by atoms with van der Waals surface area (Å²) in [6, 6.07) is 15.7. The lowest BCUT2D eigenvalue weighted by Crippen LogP contribution is -2.24. The lowest BCUT2D eigenvalue weighted by atomic mass is 10.1. The summed E-state index contributed by atoms with van der Waals surface area (Å²) in [4.78, 5) is 12.0. The van der Waals surface area contributed by atoms with Gasteiger partial charge in [0.25, 0.3) is 0 Å². The van der Waals surface area contributed by atoms with Crippen LogP contribution in [0.25, 0.3) is 6.08 Å². The van der Waals surface area contributed by atoms with Crippen LogP contribution in [-0.2, 0) is 4.79 Å². The van der Waals surface area contributed by atoms with Crippen LogP contribution in [0.1, 0.15) is 29.7 Å². The Balaban J connectivity index is 1.94. The number of carbonyl (C=O) groups excluding carboxylic acids is 1. The van der Waals surface area contributed by atoms with E-state index in [2.05, 4.69) is 5.32 Å². The highest BCUT2D eigenvalue weighted by Crippen LogP contribution is 2.17. The highest BCUT2D eigenvalue weighted by Gasteiger charge is 2.07. The zero-order chi connectivity index (χ0) is 15.9. The molecule has 0 radical (unpaired) electrons. The first kappa shape index (κ1) is 15.8. The quantitative estimate of drug-likeness (QED) is 0.850. The summed E-state index contributed by atoms with van der Waals surface area (Å²) in [5, 5.41) is 2.95. The van der Waals surface area contributed by atoms with Crippen molar-refractivity contribution in [3.63, 3.8) is 0 Å². The maximum absolute atomic E-state index is 12.0. The molecule has 2 rings (SSSR count). The fourth-order valence-electron chi connectivity index (χ4n) is 2.09. The predicted molar refractivity (Wildman–Crippen MR) is 89.8 cm³/mol. The van der Waals surface area contributed by atoms with Crippen molar-refractivity contribution >= 4 is 12.0 Å². The molecule has 0 saturated heterocycles. The van der Waals surface area contributed by atoms with Crippen molar-refractivity contribution in [2.24, 2.45) is 0 Å². The Morgan fingerprint density at radius 2 is 1.73 bits per heavy atom. The summed E-state index contributed by atoms with van der Waals surface area (Å²) in [5.41, 5.74) is 3.26. The van der Waals surface area contributed by atoms with Crippen LogP contribution < -0.4 is 10.1 Å². The van der Waals surface area contributed by atoms with Crippen LogP contribution in [0.2, 0.25) is 0 Å². The van der Waals surface area contributed by atoms with E-state index < -0.39 is 0 Å². The van der Waals surface area contributed by atoms with Crippen molar-refractivity contribution in [1.29, 1.82) is 0 Å². The standard InChI is InChI=1S/C19H21NO2/c1-14-4-6-16(7-5-14)8-13-19(21)20-15(2)17-9-11-18(22-3)12-10-17/h4-13,15H,1-3H3,(H,20,21)/b13-8+. The number of carbonyl (C=O) groups is 1. The Bertz CT molecular complexity index is 642. The minimum Gasteiger partial charge on any atom is -0.497 e. The maximum atomic E-state index is 12.0. The van der Waals surface area contributed by atoms with Crippen LogP contribution in [0.5, 0.6) is 5.75 Å². The molecule has 2 aromatic rings. The Hall–Kier alpha value is -2.55. The van der Waals surface area contributed by atoms with Gasteiger partial charge in [0.15, 0.2) is 0 Å². The third-order valence-electron chi connectivity index (χ3n) is 3.48. The number of hydrogen-bond acceptors (Lipinski definition) is 2. The molecule has 0 bridgehead atoms. The summed E-state index contributed by atoms with van der Waals surface area (Å²) in [6.07, 6.45) is 3.38. The molecule has 0 fully saturated rings. The molecule has 0 aromatic heterocycles. The average Bonchev–Trinajstić information content (AvgIpc) is 2.54. The van der Waals surface area contributed by atoms with E-state index in [1.54, 1.807) is 13.2 Å². The maximum Gasteiger partial charge on any atom is 0.244 e. The van der Waals surface area contributed by atoms with Crippen LogP contribution in [0.15, 0.2) is 54.6 Å². The first-order valence-electron chi connectivity index (χ1n) is 7.27. The van der Waals surface area contributed by atoms with E-state index in [4.69, 9.17) is 4.74 Å². The molecule has 0 heterocycles. The monoisotopic (exact) mass is 295 g/mol. The fourth-order valence-corrected chi connectivity index (χ4v) is 2.09. The van der Waals surface area contributed by atoms with Gasteiger partial charge in [0.2, 0.25) is 5.91 Å². The third kappa shape index (κ3) is 4.48. The number of methoxy groups -OCH3 is 1. The SMILES string of the molecule is COc1ccc(C(C)NC(=O)/C=C/c2ccc(C)cc2)cc1. The minimum absolute atomic E-state index is 0.0546. The van der Waals surface area contributed by atoms with Crippen LogP contribution in [0.4, 0.5) is 0 Å². The normalized spacial score (nSPS) is 12.1. The van der Waals surface area contributed by atoms with Crippen LogP contribution >= 0.6 is 0 Å². The van der Waals surface area contributed by atoms with Crippen molar-refractivity contribution < 1.29 is 9.53 Å². The molecule has 1 atom stereocenters. The predicted octanol–water partition coefficient (Wildman–Crippen LogP) is 3.89. The topological polar surface area (TPSA) is 38.3 Å². The first-order valence-corrected chi connectivity index (χ1v) is 7.27. The molecule has 2 aromatic carbocycles. The fraction of sp³-hybridized carbons (Fsp3) is 0.211. The van der Waals surface area contributed by atoms with Gasteiger partial charge in [0.05, 0.1) is 13.2 Å². The number of nitrogens with one attached hydrogen (secondary N) is 1. The van der Waals surface area contributed by atoms with Gasteiger partial charge in [0.1, 0.15) is 5.75 Å². The van der Waals surface area contributed by atoms with Crippen molar-refractivity contribution in [3.05, 3.63) is 71.3 Å². The number of rotatable bonds is 5. The zero-order valence-corrected chi connectivity index (χ0v) is 13.2. The number of hydrogen-bond donors (Lipinski definition) is 1. The largest absolute Gasteiger partial charge is 0.497 e. The van der Waals surface area contributed by atoms with E-state index in [0.29, 0.717) is 0 Å². The molecule has 3 nitrogen and oxygen atoms in total. The molecular formula is C19H21NO2. The van der Waals surface area contributed by atoms with Crippen molar-refractivity contribution in [1.82, 2.24) is 5.32 Å². The zero-order valence-electron chi connectivity index (χ0n) is 13.2. The van der Waals surface area contributed by atoms with E-state index in [0.717, 1.165) is 16.9 Å². The summed E-state index contributed by atoms with van der Waals surface area (Å²) in [7, 11) is 1.64. The van der Waals surface area contributed by atoms with Gasteiger partial charge in [-0.05, 0) is 43.2 Å². The summed E-state index contributed by atoms with van der Waals surface area (Å²) >= 11 is 0. The highest BCUT2D eigenvalue weighted by atomic mass is 16.5. The number of amides is 1. The van der Waals surface area contributed by atoms with E-state index >= 15 is 0 Å². The molecule has 1 N–H and O–H groups in total. The van der Waals surface area contributed by atoms with E-state index in [1.165, 1.54) is 5.56 Å². The smallest absolute Gasteiger partial charge is 0.244 e. The minimum atomic E-state index is -0.108. The van der Waals surface area contributed by atoms with Crippen molar-refractivity contribution in [3.8, 4) is 5.75 Å². The van der Waals surface area contributed by atoms with Gasteiger partial charge in [-0.1, -0.05) is 42.0 Å². The third-order valence-corrected chi connectivity index (χ3v) is 3.48. The van der Waals surface area contributed by atoms with E-state index in [1.807, 2.05) is 68.5 Å². The Kier molecular flexibility index (Phi) is 5.37. The number of aryl methyl sites for hydroxylation is 1. The average molecular weight is 295 g/mol. The van der Waals surface area contributed by atoms with Gasteiger partial charge in [-0.2, -0.15) is 0 Å². The van der Waals surface area contributed by atoms with Gasteiger partial charge < -0.3 is 10.1 Å². The molecule has 0 aliphatic rings. The molecule has 0 aliphatic carbocycles. The van der Waals surface area contributed by atoms with Gasteiger partial charge in [-0.3, -0.25) is 4.79 Å². The molecule has 3 heteroatoms. The van der Waals surface area contributed by atoms with Gasteiger partial charge >= 0.3 is 0 Å². The molecule has 0 saturated carbocycles. The Morgan fingerprint density at radius 3 is 2.32 bits per heavy atom.